The van der Waals surface area contributed by atoms with Gasteiger partial charge in [-0.25, -0.2) is 8.78 Å². The Hall–Kier alpha value is -1.42. The molecule has 2 rings (SSSR count). The Bertz CT molecular complexity index is 555. The van der Waals surface area contributed by atoms with E-state index < -0.39 is 0 Å². The van der Waals surface area contributed by atoms with Gasteiger partial charge in [-0.05, 0) is 58.2 Å². The van der Waals surface area contributed by atoms with Crippen LogP contribution in [-0.2, 0) is 0 Å². The van der Waals surface area contributed by atoms with Crippen molar-refractivity contribution in [2.24, 2.45) is 0 Å². The van der Waals surface area contributed by atoms with Crippen molar-refractivity contribution in [1.82, 2.24) is 0 Å². The van der Waals surface area contributed by atoms with E-state index in [-0.39, 0.29) is 17.7 Å². The van der Waals surface area contributed by atoms with E-state index >= 15 is 0 Å². The maximum Gasteiger partial charge on any atom is 0.124 e. The summed E-state index contributed by atoms with van der Waals surface area (Å²) in [5.74, 6) is -0.533. The Morgan fingerprint density at radius 1 is 1.05 bits per heavy atom. The van der Waals surface area contributed by atoms with Gasteiger partial charge >= 0.3 is 0 Å². The second kappa shape index (κ2) is 6.15. The van der Waals surface area contributed by atoms with Crippen molar-refractivity contribution in [2.45, 2.75) is 19.4 Å². The fraction of sp³-hybridized carbons (Fsp3) is 0.200. The SMILES string of the molecule is CCC(Nc1ccc(F)cc1Br)c1ccc(F)cc1. The van der Waals surface area contributed by atoms with E-state index in [1.54, 1.807) is 18.2 Å². The highest BCUT2D eigenvalue weighted by atomic mass is 79.9. The molecule has 0 fully saturated rings. The number of hydrogen-bond donors (Lipinski definition) is 1. The molecule has 1 atom stereocenters. The lowest BCUT2D eigenvalue weighted by Crippen LogP contribution is -2.10. The highest BCUT2D eigenvalue weighted by Gasteiger charge is 2.11. The Morgan fingerprint density at radius 3 is 2.26 bits per heavy atom. The Morgan fingerprint density at radius 2 is 1.68 bits per heavy atom. The average molecular weight is 326 g/mol. The molecule has 4 heteroatoms. The maximum atomic E-state index is 13.0. The quantitative estimate of drug-likeness (QED) is 0.805. The number of rotatable bonds is 4. The van der Waals surface area contributed by atoms with E-state index in [9.17, 15) is 8.78 Å². The summed E-state index contributed by atoms with van der Waals surface area (Å²) in [7, 11) is 0. The molecule has 0 spiro atoms. The molecule has 0 aliphatic rings. The highest BCUT2D eigenvalue weighted by molar-refractivity contribution is 9.10. The van der Waals surface area contributed by atoms with Crippen LogP contribution in [0.15, 0.2) is 46.9 Å². The number of anilines is 1. The number of hydrogen-bond acceptors (Lipinski definition) is 1. The first-order valence-corrected chi connectivity index (χ1v) is 6.86. The molecule has 0 aliphatic carbocycles. The minimum Gasteiger partial charge on any atom is -0.377 e. The standard InChI is InChI=1S/C15H14BrF2N/c1-2-14(10-3-5-11(17)6-4-10)19-15-8-7-12(18)9-13(15)16/h3-9,14,19H,2H2,1H3. The van der Waals surface area contributed by atoms with Gasteiger partial charge in [-0.3, -0.25) is 0 Å². The molecule has 0 heterocycles. The predicted octanol–water partition coefficient (Wildman–Crippen LogP) is 5.29. The first-order valence-electron chi connectivity index (χ1n) is 6.07. The molecule has 1 N–H and O–H groups in total. The van der Waals surface area contributed by atoms with Crippen molar-refractivity contribution in [2.75, 3.05) is 5.32 Å². The van der Waals surface area contributed by atoms with Crippen molar-refractivity contribution >= 4 is 21.6 Å². The second-order valence-corrected chi connectivity index (χ2v) is 5.14. The Labute approximate surface area is 119 Å². The third-order valence-electron chi connectivity index (χ3n) is 2.94. The minimum atomic E-state index is -0.285. The fourth-order valence-corrected chi connectivity index (χ4v) is 2.38. The number of benzene rings is 2. The maximum absolute atomic E-state index is 13.0. The van der Waals surface area contributed by atoms with E-state index in [1.165, 1.54) is 24.3 Å². The van der Waals surface area contributed by atoms with Gasteiger partial charge in [-0.1, -0.05) is 19.1 Å². The van der Waals surface area contributed by atoms with Crippen LogP contribution >= 0.6 is 15.9 Å². The third-order valence-corrected chi connectivity index (χ3v) is 3.60. The zero-order valence-corrected chi connectivity index (χ0v) is 12.0. The van der Waals surface area contributed by atoms with Gasteiger partial charge in [0, 0.05) is 10.2 Å². The van der Waals surface area contributed by atoms with Gasteiger partial charge in [-0.2, -0.15) is 0 Å². The van der Waals surface area contributed by atoms with Gasteiger partial charge < -0.3 is 5.32 Å². The molecule has 0 aliphatic heterocycles. The normalized spacial score (nSPS) is 12.2. The molecule has 100 valence electrons. The summed E-state index contributed by atoms with van der Waals surface area (Å²) < 4.78 is 26.6. The lowest BCUT2D eigenvalue weighted by atomic mass is 10.0. The molecule has 0 saturated carbocycles. The molecule has 2 aromatic carbocycles. The van der Waals surface area contributed by atoms with Gasteiger partial charge in [-0.15, -0.1) is 0 Å². The number of nitrogens with one attached hydrogen (secondary N) is 1. The van der Waals surface area contributed by atoms with Crippen LogP contribution in [0.3, 0.4) is 0 Å². The van der Waals surface area contributed by atoms with Crippen LogP contribution in [0.2, 0.25) is 0 Å². The smallest absolute Gasteiger partial charge is 0.124 e. The van der Waals surface area contributed by atoms with E-state index in [0.29, 0.717) is 4.47 Å². The van der Waals surface area contributed by atoms with Gasteiger partial charge in [0.05, 0.1) is 6.04 Å². The van der Waals surface area contributed by atoms with E-state index in [0.717, 1.165) is 17.7 Å². The van der Waals surface area contributed by atoms with Crippen LogP contribution in [0.1, 0.15) is 24.9 Å². The topological polar surface area (TPSA) is 12.0 Å². The largest absolute Gasteiger partial charge is 0.377 e. The van der Waals surface area contributed by atoms with Crippen molar-refractivity contribution < 1.29 is 8.78 Å². The Kier molecular flexibility index (Phi) is 4.53. The van der Waals surface area contributed by atoms with Crippen molar-refractivity contribution in [1.29, 1.82) is 0 Å². The van der Waals surface area contributed by atoms with Crippen molar-refractivity contribution in [3.63, 3.8) is 0 Å². The molecule has 0 aromatic heterocycles. The Balaban J connectivity index is 2.21. The van der Waals surface area contributed by atoms with Gasteiger partial charge in [0.1, 0.15) is 11.6 Å². The summed E-state index contributed by atoms with van der Waals surface area (Å²) in [4.78, 5) is 0. The molecule has 1 nitrogen and oxygen atoms in total. The lowest BCUT2D eigenvalue weighted by molar-refractivity contribution is 0.624. The van der Waals surface area contributed by atoms with Gasteiger partial charge in [0.2, 0.25) is 0 Å². The van der Waals surface area contributed by atoms with Gasteiger partial charge in [0.15, 0.2) is 0 Å². The van der Waals surface area contributed by atoms with E-state index in [4.69, 9.17) is 0 Å². The van der Waals surface area contributed by atoms with Crippen molar-refractivity contribution in [3.8, 4) is 0 Å². The average Bonchev–Trinajstić information content (AvgIpc) is 2.39. The summed E-state index contributed by atoms with van der Waals surface area (Å²) in [6, 6.07) is 11.0. The monoisotopic (exact) mass is 325 g/mol. The number of halogens is 3. The first kappa shape index (κ1) is 14.0. The highest BCUT2D eigenvalue weighted by Crippen LogP contribution is 2.28. The molecule has 0 saturated heterocycles. The van der Waals surface area contributed by atoms with Crippen LogP contribution in [-0.4, -0.2) is 0 Å². The van der Waals surface area contributed by atoms with Gasteiger partial charge in [0.25, 0.3) is 0 Å². The first-order chi connectivity index (χ1) is 9.10. The lowest BCUT2D eigenvalue weighted by Gasteiger charge is -2.19. The molecule has 2 aromatic rings. The predicted molar refractivity (Wildman–Crippen MR) is 77.2 cm³/mol. The summed E-state index contributed by atoms with van der Waals surface area (Å²) in [5.41, 5.74) is 1.82. The molecule has 19 heavy (non-hydrogen) atoms. The van der Waals surface area contributed by atoms with E-state index in [2.05, 4.69) is 21.2 Å². The molecule has 0 amide bonds. The fourth-order valence-electron chi connectivity index (χ4n) is 1.91. The molecule has 0 radical (unpaired) electrons. The van der Waals surface area contributed by atoms with Crippen molar-refractivity contribution in [3.05, 3.63) is 64.1 Å². The molecule has 0 bridgehead atoms. The summed E-state index contributed by atoms with van der Waals surface area (Å²) in [5, 5.41) is 3.32. The zero-order valence-electron chi connectivity index (χ0n) is 10.5. The summed E-state index contributed by atoms with van der Waals surface area (Å²) in [6.07, 6.45) is 0.843. The zero-order chi connectivity index (χ0) is 13.8. The second-order valence-electron chi connectivity index (χ2n) is 4.28. The summed E-state index contributed by atoms with van der Waals surface area (Å²) in [6.45, 7) is 2.04. The van der Waals surface area contributed by atoms with Crippen LogP contribution in [0, 0.1) is 11.6 Å². The summed E-state index contributed by atoms with van der Waals surface area (Å²) >= 11 is 3.33. The van der Waals surface area contributed by atoms with Crippen LogP contribution in [0.5, 0.6) is 0 Å². The van der Waals surface area contributed by atoms with Crippen LogP contribution in [0.4, 0.5) is 14.5 Å². The van der Waals surface area contributed by atoms with Crippen LogP contribution in [0.25, 0.3) is 0 Å². The van der Waals surface area contributed by atoms with E-state index in [1.807, 2.05) is 6.92 Å². The van der Waals surface area contributed by atoms with Crippen LogP contribution < -0.4 is 5.32 Å². The molecular weight excluding hydrogens is 312 g/mol. The molecule has 1 unspecified atom stereocenters. The third kappa shape index (κ3) is 3.53. The minimum absolute atomic E-state index is 0.0577. The molecular formula is C15H14BrF2N.